The van der Waals surface area contributed by atoms with Gasteiger partial charge in [0, 0.05) is 0 Å². The number of hydrogen-bond acceptors (Lipinski definition) is 1. The summed E-state index contributed by atoms with van der Waals surface area (Å²) < 4.78 is 5.97. The van der Waals surface area contributed by atoms with Gasteiger partial charge < -0.3 is 4.74 Å². The molecule has 0 N–H and O–H groups in total. The lowest BCUT2D eigenvalue weighted by atomic mass is 9.86. The zero-order valence-corrected chi connectivity index (χ0v) is 7.66. The quantitative estimate of drug-likeness (QED) is 0.592. The van der Waals surface area contributed by atoms with E-state index in [1.807, 2.05) is 0 Å². The molecule has 0 fully saturated rings. The van der Waals surface area contributed by atoms with Crippen LogP contribution in [0.4, 0.5) is 0 Å². The van der Waals surface area contributed by atoms with Gasteiger partial charge >= 0.3 is 0 Å². The summed E-state index contributed by atoms with van der Waals surface area (Å²) in [5.74, 6) is 0. The van der Waals surface area contributed by atoms with Gasteiger partial charge in [-0.3, -0.25) is 0 Å². The Morgan fingerprint density at radius 3 is 3.08 bits per heavy atom. The van der Waals surface area contributed by atoms with Crippen molar-refractivity contribution >= 4 is 0 Å². The van der Waals surface area contributed by atoms with Crippen molar-refractivity contribution < 1.29 is 4.74 Å². The highest BCUT2D eigenvalue weighted by atomic mass is 16.5. The first-order valence-corrected chi connectivity index (χ1v) is 4.82. The van der Waals surface area contributed by atoms with Crippen molar-refractivity contribution in [3.63, 3.8) is 0 Å². The molecule has 1 nitrogen and oxygen atoms in total. The Hall–Kier alpha value is -1.08. The van der Waals surface area contributed by atoms with E-state index >= 15 is 0 Å². The van der Waals surface area contributed by atoms with E-state index in [-0.39, 0.29) is 11.7 Å². The molecule has 0 aliphatic carbocycles. The Labute approximate surface area is 78.0 Å². The van der Waals surface area contributed by atoms with Crippen LogP contribution < -0.4 is 0 Å². The summed E-state index contributed by atoms with van der Waals surface area (Å²) >= 11 is 0. The molecule has 0 saturated heterocycles. The molecule has 2 bridgehead atoms. The molecule has 2 aliphatic rings. The zero-order chi connectivity index (χ0) is 8.89. The maximum Gasteiger partial charge on any atom is 0.113 e. The monoisotopic (exact) mass is 172 g/mol. The molecular formula is C12H12O. The van der Waals surface area contributed by atoms with Gasteiger partial charge in [0.2, 0.25) is 0 Å². The summed E-state index contributed by atoms with van der Waals surface area (Å²) in [6.07, 6.45) is 5.62. The number of fused-ring (bicyclic) bond motifs is 5. The van der Waals surface area contributed by atoms with Crippen LogP contribution in [0.2, 0.25) is 0 Å². The number of ether oxygens (including phenoxy) is 1. The van der Waals surface area contributed by atoms with E-state index in [1.165, 1.54) is 11.1 Å². The van der Waals surface area contributed by atoms with Crippen molar-refractivity contribution in [1.29, 1.82) is 0 Å². The van der Waals surface area contributed by atoms with E-state index in [0.29, 0.717) is 0 Å². The van der Waals surface area contributed by atoms with Gasteiger partial charge in [-0.05, 0) is 23.6 Å². The minimum atomic E-state index is -0.0960. The molecule has 66 valence electrons. The molecule has 0 aromatic heterocycles. The van der Waals surface area contributed by atoms with E-state index in [4.69, 9.17) is 4.74 Å². The lowest BCUT2D eigenvalue weighted by Crippen LogP contribution is -2.18. The van der Waals surface area contributed by atoms with Crippen molar-refractivity contribution in [3.05, 3.63) is 47.5 Å². The first-order chi connectivity index (χ1) is 6.36. The standard InChI is InChI=1S/C12H12O/c1-2-12-8-7-11(13-12)9-5-3-4-6-10(9)12/h3-8,11H,2H2,1H3. The van der Waals surface area contributed by atoms with Crippen molar-refractivity contribution in [2.24, 2.45) is 0 Å². The molecule has 3 rings (SSSR count). The highest BCUT2D eigenvalue weighted by Crippen LogP contribution is 2.51. The Bertz CT molecular complexity index is 380. The second kappa shape index (κ2) is 2.24. The van der Waals surface area contributed by atoms with Crippen LogP contribution in [0.3, 0.4) is 0 Å². The summed E-state index contributed by atoms with van der Waals surface area (Å²) in [4.78, 5) is 0. The van der Waals surface area contributed by atoms with Crippen molar-refractivity contribution in [2.45, 2.75) is 25.0 Å². The lowest BCUT2D eigenvalue weighted by Gasteiger charge is -2.21. The molecule has 2 unspecified atom stereocenters. The molecule has 0 spiro atoms. The van der Waals surface area contributed by atoms with Crippen LogP contribution in [0.1, 0.15) is 30.6 Å². The van der Waals surface area contributed by atoms with Gasteiger partial charge in [0.1, 0.15) is 11.7 Å². The fourth-order valence-corrected chi connectivity index (χ4v) is 2.39. The Morgan fingerprint density at radius 2 is 2.23 bits per heavy atom. The summed E-state index contributed by atoms with van der Waals surface area (Å²) in [5, 5.41) is 0. The van der Waals surface area contributed by atoms with Gasteiger partial charge in [-0.15, -0.1) is 0 Å². The maximum atomic E-state index is 5.97. The molecule has 0 radical (unpaired) electrons. The highest BCUT2D eigenvalue weighted by Gasteiger charge is 2.44. The largest absolute Gasteiger partial charge is 0.354 e. The number of hydrogen-bond donors (Lipinski definition) is 0. The van der Waals surface area contributed by atoms with Crippen molar-refractivity contribution in [3.8, 4) is 0 Å². The predicted octanol–water partition coefficient (Wildman–Crippen LogP) is 2.93. The van der Waals surface area contributed by atoms with Gasteiger partial charge in [0.25, 0.3) is 0 Å². The summed E-state index contributed by atoms with van der Waals surface area (Å²) in [7, 11) is 0. The summed E-state index contributed by atoms with van der Waals surface area (Å²) in [6.45, 7) is 2.18. The normalized spacial score (nSPS) is 33.8. The second-order valence-corrected chi connectivity index (χ2v) is 3.73. The Balaban J connectivity index is 2.25. The van der Waals surface area contributed by atoms with Gasteiger partial charge in [-0.25, -0.2) is 0 Å². The molecule has 2 aliphatic heterocycles. The van der Waals surface area contributed by atoms with Crippen LogP contribution in [0, 0.1) is 0 Å². The molecule has 0 saturated carbocycles. The van der Waals surface area contributed by atoms with E-state index in [9.17, 15) is 0 Å². The molecule has 2 atom stereocenters. The van der Waals surface area contributed by atoms with E-state index < -0.39 is 0 Å². The van der Waals surface area contributed by atoms with Gasteiger partial charge in [-0.2, -0.15) is 0 Å². The Morgan fingerprint density at radius 1 is 1.38 bits per heavy atom. The van der Waals surface area contributed by atoms with E-state index in [0.717, 1.165) is 6.42 Å². The minimum Gasteiger partial charge on any atom is -0.354 e. The number of benzene rings is 1. The van der Waals surface area contributed by atoms with Gasteiger partial charge in [0.15, 0.2) is 0 Å². The molecule has 13 heavy (non-hydrogen) atoms. The van der Waals surface area contributed by atoms with Crippen LogP contribution in [-0.4, -0.2) is 0 Å². The summed E-state index contributed by atoms with van der Waals surface area (Å²) in [5.41, 5.74) is 2.62. The molecule has 2 heterocycles. The van der Waals surface area contributed by atoms with Crippen molar-refractivity contribution in [2.75, 3.05) is 0 Å². The van der Waals surface area contributed by atoms with Crippen molar-refractivity contribution in [1.82, 2.24) is 0 Å². The predicted molar refractivity (Wildman–Crippen MR) is 51.4 cm³/mol. The van der Waals surface area contributed by atoms with Crippen LogP contribution in [0.25, 0.3) is 0 Å². The zero-order valence-electron chi connectivity index (χ0n) is 7.66. The van der Waals surface area contributed by atoms with Crippen LogP contribution in [0.5, 0.6) is 0 Å². The lowest BCUT2D eigenvalue weighted by molar-refractivity contribution is -0.00521. The highest BCUT2D eigenvalue weighted by molar-refractivity contribution is 5.46. The molecule has 0 amide bonds. The van der Waals surface area contributed by atoms with Crippen LogP contribution in [-0.2, 0) is 10.3 Å². The molecular weight excluding hydrogens is 160 g/mol. The average Bonchev–Trinajstić information content (AvgIpc) is 2.75. The number of rotatable bonds is 1. The fraction of sp³-hybridized carbons (Fsp3) is 0.333. The molecule has 1 aromatic carbocycles. The second-order valence-electron chi connectivity index (χ2n) is 3.73. The van der Waals surface area contributed by atoms with E-state index in [1.54, 1.807) is 0 Å². The maximum absolute atomic E-state index is 5.97. The minimum absolute atomic E-state index is 0.0960. The van der Waals surface area contributed by atoms with Gasteiger partial charge in [0.05, 0.1) is 0 Å². The fourth-order valence-electron chi connectivity index (χ4n) is 2.39. The smallest absolute Gasteiger partial charge is 0.113 e. The SMILES string of the molecule is CCC12C=CC(O1)c1ccccc12. The topological polar surface area (TPSA) is 9.23 Å². The van der Waals surface area contributed by atoms with E-state index in [2.05, 4.69) is 43.3 Å². The third-order valence-electron chi connectivity index (χ3n) is 3.13. The molecule has 1 heteroatoms. The third-order valence-corrected chi connectivity index (χ3v) is 3.13. The first-order valence-electron chi connectivity index (χ1n) is 4.82. The Kier molecular flexibility index (Phi) is 1.26. The molecule has 1 aromatic rings. The van der Waals surface area contributed by atoms with Crippen LogP contribution >= 0.6 is 0 Å². The van der Waals surface area contributed by atoms with Crippen LogP contribution in [0.15, 0.2) is 36.4 Å². The first kappa shape index (κ1) is 7.34. The third kappa shape index (κ3) is 0.755. The average molecular weight is 172 g/mol. The summed E-state index contributed by atoms with van der Waals surface area (Å²) in [6, 6.07) is 8.53. The van der Waals surface area contributed by atoms with Gasteiger partial charge in [-0.1, -0.05) is 37.3 Å².